The summed E-state index contributed by atoms with van der Waals surface area (Å²) < 4.78 is 59.2. The molecular weight excluding hydrogens is 591 g/mol. The number of carbonyl (C=O) groups excluding carboxylic acids is 2. The maximum Gasteiger partial charge on any atom is 0.410 e. The first kappa shape index (κ1) is 30.8. The lowest BCUT2D eigenvalue weighted by Crippen LogP contribution is -2.53. The lowest BCUT2D eigenvalue weighted by molar-refractivity contribution is -0.136. The summed E-state index contributed by atoms with van der Waals surface area (Å²) in [6, 6.07) is 2.89. The van der Waals surface area contributed by atoms with Crippen LogP contribution in [-0.2, 0) is 19.0 Å². The molecule has 0 spiro atoms. The number of hydrogen-bond donors (Lipinski definition) is 1. The van der Waals surface area contributed by atoms with Crippen LogP contribution in [0.1, 0.15) is 38.1 Å². The van der Waals surface area contributed by atoms with Crippen LogP contribution >= 0.6 is 11.6 Å². The Bertz CT molecular complexity index is 1500. The fourth-order valence-corrected chi connectivity index (χ4v) is 5.63. The Kier molecular flexibility index (Phi) is 8.68. The molecule has 1 aromatic carbocycles. The van der Waals surface area contributed by atoms with Gasteiger partial charge >= 0.3 is 12.1 Å². The van der Waals surface area contributed by atoms with Gasteiger partial charge in [0, 0.05) is 42.0 Å². The van der Waals surface area contributed by atoms with E-state index < -0.39 is 41.2 Å². The van der Waals surface area contributed by atoms with E-state index in [0.717, 1.165) is 12.3 Å². The molecular formula is C29H31ClF3N5O5. The highest BCUT2D eigenvalue weighted by Gasteiger charge is 2.44. The predicted molar refractivity (Wildman–Crippen MR) is 150 cm³/mol. The molecule has 1 aromatic heterocycles. The van der Waals surface area contributed by atoms with Gasteiger partial charge in [0.25, 0.3) is 0 Å². The second kappa shape index (κ2) is 12.1. The summed E-state index contributed by atoms with van der Waals surface area (Å²) in [6.45, 7) is 6.89. The summed E-state index contributed by atoms with van der Waals surface area (Å²) in [5, 5.41) is 3.00. The highest BCUT2D eigenvalue weighted by molar-refractivity contribution is 6.31. The number of hydrogen-bond acceptors (Lipinski definition) is 9. The van der Waals surface area contributed by atoms with Crippen LogP contribution in [0.2, 0.25) is 5.02 Å². The minimum Gasteiger partial charge on any atom is -0.466 e. The van der Waals surface area contributed by atoms with Gasteiger partial charge in [-0.15, -0.1) is 0 Å². The first-order chi connectivity index (χ1) is 20.3. The molecule has 0 bridgehead atoms. The number of aromatic nitrogens is 1. The van der Waals surface area contributed by atoms with Crippen molar-refractivity contribution in [3.63, 3.8) is 0 Å². The standard InChI is InChI=1S/C29H31ClF3N5O5/c1-29(2,3)43-28(40)38-13-21-22(14-38)42-8-7-37(21)12-20-23(27(39)41-4)24(17-6-5-15(31)9-18(17)30)36-26(35-20)25-19(33)10-16(32)11-34-25/h5-6,9-11,21-22,24H,7-8,12-14H2,1-4H3,(H,35,36)/t21-,22-,24-/m1/s1. The van der Waals surface area contributed by atoms with Crippen molar-refractivity contribution in [2.24, 2.45) is 4.99 Å². The van der Waals surface area contributed by atoms with Crippen molar-refractivity contribution < 1.29 is 37.0 Å². The van der Waals surface area contributed by atoms with Crippen LogP contribution in [0, 0.1) is 17.5 Å². The Balaban J connectivity index is 1.54. The fraction of sp³-hybridized carbons (Fsp3) is 0.448. The number of morpholine rings is 1. The highest BCUT2D eigenvalue weighted by atomic mass is 35.5. The van der Waals surface area contributed by atoms with Gasteiger partial charge in [-0.05, 0) is 32.9 Å². The van der Waals surface area contributed by atoms with E-state index in [0.29, 0.717) is 38.0 Å². The van der Waals surface area contributed by atoms with E-state index in [4.69, 9.17) is 25.8 Å². The molecule has 0 radical (unpaired) electrons. The number of carbonyl (C=O) groups is 2. The molecule has 0 saturated carbocycles. The number of likely N-dealkylation sites (tertiary alicyclic amines) is 1. The third kappa shape index (κ3) is 6.63. The highest BCUT2D eigenvalue weighted by Crippen LogP contribution is 2.37. The Hall–Kier alpha value is -3.68. The van der Waals surface area contributed by atoms with Gasteiger partial charge in [-0.2, -0.15) is 0 Å². The lowest BCUT2D eigenvalue weighted by atomic mass is 9.94. The van der Waals surface area contributed by atoms with E-state index >= 15 is 0 Å². The normalized spacial score (nSPS) is 22.6. The van der Waals surface area contributed by atoms with E-state index in [9.17, 15) is 22.8 Å². The second-order valence-corrected chi connectivity index (χ2v) is 11.8. The quantitative estimate of drug-likeness (QED) is 0.500. The van der Waals surface area contributed by atoms with Crippen molar-refractivity contribution in [3.05, 3.63) is 75.5 Å². The molecule has 3 atom stereocenters. The van der Waals surface area contributed by atoms with E-state index in [1.54, 1.807) is 25.7 Å². The molecule has 2 fully saturated rings. The minimum absolute atomic E-state index is 0.0153. The first-order valence-electron chi connectivity index (χ1n) is 13.6. The molecule has 0 aliphatic carbocycles. The van der Waals surface area contributed by atoms with Crippen molar-refractivity contribution in [2.45, 2.75) is 44.6 Å². The Labute approximate surface area is 251 Å². The van der Waals surface area contributed by atoms with E-state index in [1.807, 2.05) is 4.90 Å². The van der Waals surface area contributed by atoms with Crippen LogP contribution in [0.3, 0.4) is 0 Å². The van der Waals surface area contributed by atoms with Crippen molar-refractivity contribution in [1.29, 1.82) is 0 Å². The molecule has 3 aliphatic heterocycles. The Morgan fingerprint density at radius 1 is 1.16 bits per heavy atom. The summed E-state index contributed by atoms with van der Waals surface area (Å²) >= 11 is 6.41. The summed E-state index contributed by atoms with van der Waals surface area (Å²) in [6.07, 6.45) is 0.0608. The molecule has 0 unspecified atom stereocenters. The summed E-state index contributed by atoms with van der Waals surface area (Å²) in [5.74, 6) is -3.28. The number of pyridine rings is 1. The first-order valence-corrected chi connectivity index (χ1v) is 14.0. The van der Waals surface area contributed by atoms with Crippen molar-refractivity contribution >= 4 is 29.5 Å². The van der Waals surface area contributed by atoms with Gasteiger partial charge in [0.1, 0.15) is 29.0 Å². The van der Waals surface area contributed by atoms with Crippen molar-refractivity contribution in [2.75, 3.05) is 39.9 Å². The number of nitrogens with zero attached hydrogens (tertiary/aromatic N) is 4. The number of benzene rings is 1. The maximum absolute atomic E-state index is 14.9. The second-order valence-electron chi connectivity index (χ2n) is 11.4. The topological polar surface area (TPSA) is 106 Å². The van der Waals surface area contributed by atoms with E-state index in [-0.39, 0.29) is 46.4 Å². The van der Waals surface area contributed by atoms with Crippen LogP contribution in [-0.4, -0.2) is 90.3 Å². The zero-order valence-electron chi connectivity index (χ0n) is 24.0. The molecule has 1 N–H and O–H groups in total. The fourth-order valence-electron chi connectivity index (χ4n) is 5.36. The average Bonchev–Trinajstić information content (AvgIpc) is 3.37. The molecule has 2 saturated heterocycles. The van der Waals surface area contributed by atoms with E-state index in [1.165, 1.54) is 19.2 Å². The van der Waals surface area contributed by atoms with Gasteiger partial charge < -0.3 is 24.4 Å². The zero-order chi connectivity index (χ0) is 31.1. The third-order valence-corrected chi connectivity index (χ3v) is 7.58. The number of aliphatic imine (C=N–C) groups is 1. The van der Waals surface area contributed by atoms with Crippen LogP contribution in [0.4, 0.5) is 18.0 Å². The van der Waals surface area contributed by atoms with Crippen LogP contribution in [0.15, 0.2) is 46.7 Å². The molecule has 43 heavy (non-hydrogen) atoms. The van der Waals surface area contributed by atoms with Crippen LogP contribution in [0.5, 0.6) is 0 Å². The third-order valence-electron chi connectivity index (χ3n) is 7.25. The van der Waals surface area contributed by atoms with Crippen molar-refractivity contribution in [1.82, 2.24) is 20.1 Å². The molecule has 1 amide bonds. The monoisotopic (exact) mass is 621 g/mol. The van der Waals surface area contributed by atoms with Crippen molar-refractivity contribution in [3.8, 4) is 0 Å². The molecule has 230 valence electrons. The summed E-state index contributed by atoms with van der Waals surface area (Å²) in [4.78, 5) is 38.1. The number of nitrogens with one attached hydrogen (secondary N) is 1. The smallest absolute Gasteiger partial charge is 0.410 e. The largest absolute Gasteiger partial charge is 0.466 e. The van der Waals surface area contributed by atoms with E-state index in [2.05, 4.69) is 15.3 Å². The number of amides is 1. The number of esters is 1. The number of rotatable bonds is 5. The number of methoxy groups -OCH3 is 1. The van der Waals surface area contributed by atoms with Gasteiger partial charge in [-0.3, -0.25) is 9.89 Å². The Morgan fingerprint density at radius 2 is 1.93 bits per heavy atom. The predicted octanol–water partition coefficient (Wildman–Crippen LogP) is 3.99. The molecule has 14 heteroatoms. The molecule has 2 aromatic rings. The number of ether oxygens (including phenoxy) is 3. The van der Waals surface area contributed by atoms with Gasteiger partial charge in [-0.25, -0.2) is 27.7 Å². The maximum atomic E-state index is 14.9. The zero-order valence-corrected chi connectivity index (χ0v) is 24.8. The minimum atomic E-state index is -1.14. The lowest BCUT2D eigenvalue weighted by Gasteiger charge is -2.38. The molecule has 5 rings (SSSR count). The van der Waals surface area contributed by atoms with Gasteiger partial charge in [0.15, 0.2) is 11.7 Å². The number of fused-ring (bicyclic) bond motifs is 1. The summed E-state index contributed by atoms with van der Waals surface area (Å²) in [7, 11) is 1.21. The molecule has 10 nitrogen and oxygen atoms in total. The number of halogens is 4. The van der Waals surface area contributed by atoms with Gasteiger partial charge in [0.05, 0.1) is 44.2 Å². The average molecular weight is 622 g/mol. The number of amidine groups is 1. The Morgan fingerprint density at radius 3 is 2.60 bits per heavy atom. The van der Waals surface area contributed by atoms with Crippen LogP contribution < -0.4 is 5.32 Å². The molecule has 4 heterocycles. The SMILES string of the molecule is COC(=O)C1=C(CN2CCO[C@@H]3CN(C(=O)OC(C)(C)C)C[C@H]32)NC(c2ncc(F)cc2F)=N[C@@H]1c1ccc(F)cc1Cl. The van der Waals surface area contributed by atoms with Gasteiger partial charge in [-0.1, -0.05) is 17.7 Å². The summed E-state index contributed by atoms with van der Waals surface area (Å²) in [5.41, 5.74) is -0.341. The van der Waals surface area contributed by atoms with Gasteiger partial charge in [0.2, 0.25) is 0 Å². The molecule has 3 aliphatic rings. The van der Waals surface area contributed by atoms with Crippen LogP contribution in [0.25, 0.3) is 0 Å².